The van der Waals surface area contributed by atoms with Gasteiger partial charge in [-0.25, -0.2) is 0 Å². The summed E-state index contributed by atoms with van der Waals surface area (Å²) in [5, 5.41) is 14.0. The molecule has 1 aromatic rings. The Kier molecular flexibility index (Phi) is 2.95. The van der Waals surface area contributed by atoms with E-state index in [0.29, 0.717) is 12.1 Å². The zero-order chi connectivity index (χ0) is 12.4. The summed E-state index contributed by atoms with van der Waals surface area (Å²) in [6, 6.07) is 4.86. The Morgan fingerprint density at radius 1 is 1.65 bits per heavy atom. The second-order valence-electron chi connectivity index (χ2n) is 3.85. The van der Waals surface area contributed by atoms with Crippen LogP contribution in [0.1, 0.15) is 17.9 Å². The minimum atomic E-state index is -0.421. The number of hydrogen-bond donors (Lipinski definition) is 1. The van der Waals surface area contributed by atoms with Crippen molar-refractivity contribution in [3.63, 3.8) is 0 Å². The van der Waals surface area contributed by atoms with Crippen LogP contribution in [0.4, 0.5) is 11.4 Å². The standard InChI is InChI=1S/C11H12N2O4/c1-17-10(14)5-7-6-12-8-3-2-4-9(11(7)8)13(15)16/h2-4,7,12H,5-6H2,1H3/t7-/m0/s1. The highest BCUT2D eigenvalue weighted by molar-refractivity contribution is 5.74. The minimum Gasteiger partial charge on any atom is -0.469 e. The summed E-state index contributed by atoms with van der Waals surface area (Å²) >= 11 is 0. The Morgan fingerprint density at radius 2 is 2.41 bits per heavy atom. The number of benzene rings is 1. The van der Waals surface area contributed by atoms with Crippen LogP contribution in [0, 0.1) is 10.1 Å². The molecule has 1 atom stereocenters. The van der Waals surface area contributed by atoms with E-state index in [1.165, 1.54) is 13.2 Å². The number of nitrogens with one attached hydrogen (secondary N) is 1. The molecule has 0 aliphatic carbocycles. The van der Waals surface area contributed by atoms with Crippen molar-refractivity contribution in [2.75, 3.05) is 19.0 Å². The number of fused-ring (bicyclic) bond motifs is 1. The van der Waals surface area contributed by atoms with E-state index < -0.39 is 4.92 Å². The van der Waals surface area contributed by atoms with Crippen LogP contribution in [-0.4, -0.2) is 24.5 Å². The lowest BCUT2D eigenvalue weighted by molar-refractivity contribution is -0.385. The molecule has 1 aromatic carbocycles. The van der Waals surface area contributed by atoms with Gasteiger partial charge in [-0.05, 0) is 6.07 Å². The van der Waals surface area contributed by atoms with Gasteiger partial charge < -0.3 is 10.1 Å². The van der Waals surface area contributed by atoms with E-state index in [-0.39, 0.29) is 24.0 Å². The zero-order valence-corrected chi connectivity index (χ0v) is 9.30. The van der Waals surface area contributed by atoms with E-state index in [4.69, 9.17) is 0 Å². The molecule has 6 nitrogen and oxygen atoms in total. The quantitative estimate of drug-likeness (QED) is 0.490. The molecule has 1 aliphatic heterocycles. The van der Waals surface area contributed by atoms with Gasteiger partial charge >= 0.3 is 5.97 Å². The fourth-order valence-corrected chi connectivity index (χ4v) is 2.09. The predicted octanol–water partition coefficient (Wildman–Crippen LogP) is 1.67. The number of nitro groups is 1. The first-order valence-electron chi connectivity index (χ1n) is 5.21. The van der Waals surface area contributed by atoms with Crippen LogP contribution in [0.2, 0.25) is 0 Å². The van der Waals surface area contributed by atoms with Crippen molar-refractivity contribution in [2.24, 2.45) is 0 Å². The number of methoxy groups -OCH3 is 1. The number of hydrogen-bond acceptors (Lipinski definition) is 5. The van der Waals surface area contributed by atoms with Crippen LogP contribution < -0.4 is 5.32 Å². The summed E-state index contributed by atoms with van der Waals surface area (Å²) in [5.74, 6) is -0.554. The summed E-state index contributed by atoms with van der Waals surface area (Å²) in [5.41, 5.74) is 1.39. The summed E-state index contributed by atoms with van der Waals surface area (Å²) in [6.45, 7) is 0.523. The van der Waals surface area contributed by atoms with E-state index >= 15 is 0 Å². The Morgan fingerprint density at radius 3 is 3.06 bits per heavy atom. The number of carbonyl (C=O) groups excluding carboxylic acids is 1. The number of nitrogens with zero attached hydrogens (tertiary/aromatic N) is 1. The molecule has 0 saturated carbocycles. The molecule has 0 unspecified atom stereocenters. The van der Waals surface area contributed by atoms with Crippen molar-refractivity contribution in [1.82, 2.24) is 0 Å². The smallest absolute Gasteiger partial charge is 0.306 e. The molecule has 0 aromatic heterocycles. The molecule has 1 aliphatic rings. The maximum atomic E-state index is 11.2. The summed E-state index contributed by atoms with van der Waals surface area (Å²) in [4.78, 5) is 21.7. The fourth-order valence-electron chi connectivity index (χ4n) is 2.09. The molecule has 6 heteroatoms. The predicted molar refractivity (Wildman–Crippen MR) is 61.0 cm³/mol. The Labute approximate surface area is 97.7 Å². The normalized spacial score (nSPS) is 17.1. The van der Waals surface area contributed by atoms with Crippen LogP contribution in [0.25, 0.3) is 0 Å². The first kappa shape index (κ1) is 11.4. The molecule has 2 rings (SSSR count). The monoisotopic (exact) mass is 236 g/mol. The maximum Gasteiger partial charge on any atom is 0.306 e. The molecule has 0 saturated heterocycles. The Balaban J connectivity index is 2.35. The number of nitro benzene ring substituents is 1. The van der Waals surface area contributed by atoms with Crippen molar-refractivity contribution < 1.29 is 14.5 Å². The third-order valence-corrected chi connectivity index (χ3v) is 2.87. The van der Waals surface area contributed by atoms with Gasteiger partial charge in [-0.15, -0.1) is 0 Å². The van der Waals surface area contributed by atoms with Crippen LogP contribution >= 0.6 is 0 Å². The fraction of sp³-hybridized carbons (Fsp3) is 0.364. The minimum absolute atomic E-state index is 0.0569. The van der Waals surface area contributed by atoms with Gasteiger partial charge in [0.05, 0.1) is 24.0 Å². The van der Waals surface area contributed by atoms with Gasteiger partial charge in [0.1, 0.15) is 0 Å². The van der Waals surface area contributed by atoms with E-state index in [1.54, 1.807) is 12.1 Å². The maximum absolute atomic E-state index is 11.2. The number of ether oxygens (including phenoxy) is 1. The summed E-state index contributed by atoms with van der Waals surface area (Å²) in [6.07, 6.45) is 0.154. The molecule has 1 heterocycles. The molecule has 0 bridgehead atoms. The van der Waals surface area contributed by atoms with Gasteiger partial charge in [0.15, 0.2) is 0 Å². The van der Waals surface area contributed by atoms with E-state index in [1.807, 2.05) is 0 Å². The molecule has 1 N–H and O–H groups in total. The summed E-state index contributed by atoms with van der Waals surface area (Å²) in [7, 11) is 1.31. The van der Waals surface area contributed by atoms with E-state index in [2.05, 4.69) is 10.1 Å². The van der Waals surface area contributed by atoms with Gasteiger partial charge in [0, 0.05) is 24.2 Å². The lowest BCUT2D eigenvalue weighted by Gasteiger charge is -2.08. The van der Waals surface area contributed by atoms with Gasteiger partial charge in [0.25, 0.3) is 5.69 Å². The van der Waals surface area contributed by atoms with Crippen LogP contribution in [-0.2, 0) is 9.53 Å². The number of carbonyl (C=O) groups is 1. The van der Waals surface area contributed by atoms with Crippen molar-refractivity contribution in [1.29, 1.82) is 0 Å². The van der Waals surface area contributed by atoms with Crippen LogP contribution in [0.3, 0.4) is 0 Å². The highest BCUT2D eigenvalue weighted by atomic mass is 16.6. The van der Waals surface area contributed by atoms with E-state index in [0.717, 1.165) is 5.69 Å². The SMILES string of the molecule is COC(=O)C[C@H]1CNc2cccc([N+](=O)[O-])c21. The largest absolute Gasteiger partial charge is 0.469 e. The van der Waals surface area contributed by atoms with Crippen molar-refractivity contribution in [2.45, 2.75) is 12.3 Å². The number of anilines is 1. The van der Waals surface area contributed by atoms with Gasteiger partial charge in [-0.2, -0.15) is 0 Å². The average Bonchev–Trinajstić information content (AvgIpc) is 2.72. The third kappa shape index (κ3) is 2.06. The topological polar surface area (TPSA) is 81.5 Å². The van der Waals surface area contributed by atoms with Gasteiger partial charge in [0.2, 0.25) is 0 Å². The Bertz CT molecular complexity index is 473. The molecular weight excluding hydrogens is 224 g/mol. The second kappa shape index (κ2) is 4.40. The molecular formula is C11H12N2O4. The van der Waals surface area contributed by atoms with Crippen molar-refractivity contribution in [3.05, 3.63) is 33.9 Å². The molecule has 90 valence electrons. The highest BCUT2D eigenvalue weighted by Gasteiger charge is 2.31. The van der Waals surface area contributed by atoms with Crippen molar-refractivity contribution in [3.8, 4) is 0 Å². The van der Waals surface area contributed by atoms with Crippen LogP contribution in [0.15, 0.2) is 18.2 Å². The summed E-state index contributed by atoms with van der Waals surface area (Å²) < 4.78 is 4.59. The molecule has 0 radical (unpaired) electrons. The highest BCUT2D eigenvalue weighted by Crippen LogP contribution is 2.39. The first-order valence-corrected chi connectivity index (χ1v) is 5.21. The lowest BCUT2D eigenvalue weighted by Crippen LogP contribution is -2.11. The van der Waals surface area contributed by atoms with Gasteiger partial charge in [-0.1, -0.05) is 6.07 Å². The zero-order valence-electron chi connectivity index (χ0n) is 9.30. The molecule has 0 amide bonds. The van der Waals surface area contributed by atoms with Crippen LogP contribution in [0.5, 0.6) is 0 Å². The molecule has 17 heavy (non-hydrogen) atoms. The number of rotatable bonds is 3. The molecule has 0 fully saturated rings. The van der Waals surface area contributed by atoms with Gasteiger partial charge in [-0.3, -0.25) is 14.9 Å². The average molecular weight is 236 g/mol. The van der Waals surface area contributed by atoms with Crippen molar-refractivity contribution >= 4 is 17.3 Å². The lowest BCUT2D eigenvalue weighted by atomic mass is 9.96. The second-order valence-corrected chi connectivity index (χ2v) is 3.85. The first-order chi connectivity index (χ1) is 8.13. The third-order valence-electron chi connectivity index (χ3n) is 2.87. The van der Waals surface area contributed by atoms with E-state index in [9.17, 15) is 14.9 Å². The molecule has 0 spiro atoms. The Hall–Kier alpha value is -2.11. The number of esters is 1.